The molecule has 0 aliphatic carbocycles. The number of alkyl halides is 9. The third-order valence-corrected chi connectivity index (χ3v) is 3.68. The van der Waals surface area contributed by atoms with Crippen molar-refractivity contribution in [3.63, 3.8) is 0 Å². The largest absolute Gasteiger partial charge is 0.421 e. The lowest BCUT2D eigenvalue weighted by Gasteiger charge is -2.36. The molecule has 0 aliphatic rings. The first-order chi connectivity index (χ1) is 11.5. The number of hydrogen-bond acceptors (Lipinski definition) is 3. The Balaban J connectivity index is 3.52. The van der Waals surface area contributed by atoms with Gasteiger partial charge in [-0.05, 0) is 22.0 Å². The van der Waals surface area contributed by atoms with E-state index in [9.17, 15) is 54.4 Å². The lowest BCUT2D eigenvalue weighted by Crippen LogP contribution is -2.65. The summed E-state index contributed by atoms with van der Waals surface area (Å²) in [6.45, 7) is 0. The Bertz CT molecular complexity index is 691. The van der Waals surface area contributed by atoms with E-state index in [1.165, 1.54) is 0 Å². The highest BCUT2D eigenvalue weighted by Gasteiger charge is 2.88. The van der Waals surface area contributed by atoms with Crippen molar-refractivity contribution in [1.29, 1.82) is 0 Å². The van der Waals surface area contributed by atoms with Gasteiger partial charge in [0.2, 0.25) is 0 Å². The Labute approximate surface area is 145 Å². The number of nitro benzene ring substituents is 1. The van der Waals surface area contributed by atoms with Crippen LogP contribution >= 0.6 is 15.9 Å². The fourth-order valence-corrected chi connectivity index (χ4v) is 2.27. The van der Waals surface area contributed by atoms with Crippen LogP contribution in [-0.4, -0.2) is 29.4 Å². The summed E-state index contributed by atoms with van der Waals surface area (Å²) in [6.07, 6.45) is -21.2. The molecular formula is C11H4BrF9N2O3. The Morgan fingerprint density at radius 2 is 1.38 bits per heavy atom. The molecule has 26 heavy (non-hydrogen) atoms. The Hall–Kier alpha value is -2.06. The highest BCUT2D eigenvalue weighted by molar-refractivity contribution is 9.10. The van der Waals surface area contributed by atoms with Gasteiger partial charge in [-0.3, -0.25) is 14.9 Å². The topological polar surface area (TPSA) is 72.2 Å². The van der Waals surface area contributed by atoms with Crippen molar-refractivity contribution in [2.75, 3.05) is 5.32 Å². The van der Waals surface area contributed by atoms with Crippen molar-refractivity contribution in [1.82, 2.24) is 0 Å². The van der Waals surface area contributed by atoms with Gasteiger partial charge < -0.3 is 5.32 Å². The molecule has 0 radical (unpaired) electrons. The molecule has 0 saturated carbocycles. The second kappa shape index (κ2) is 6.59. The number of anilines is 1. The zero-order valence-electron chi connectivity index (χ0n) is 11.7. The van der Waals surface area contributed by atoms with Crippen LogP contribution in [0.3, 0.4) is 0 Å². The molecule has 0 atom stereocenters. The molecule has 0 aliphatic heterocycles. The summed E-state index contributed by atoms with van der Waals surface area (Å²) >= 11 is 2.50. The highest BCUT2D eigenvalue weighted by atomic mass is 79.9. The van der Waals surface area contributed by atoms with Crippen LogP contribution in [0.25, 0.3) is 0 Å². The maximum atomic E-state index is 12.8. The molecule has 1 aromatic carbocycles. The zero-order valence-corrected chi connectivity index (χ0v) is 13.3. The molecule has 146 valence electrons. The average Bonchev–Trinajstić information content (AvgIpc) is 2.35. The van der Waals surface area contributed by atoms with Gasteiger partial charge in [0, 0.05) is 16.6 Å². The highest BCUT2D eigenvalue weighted by Crippen LogP contribution is 2.59. The molecule has 15 heteroatoms. The lowest BCUT2D eigenvalue weighted by atomic mass is 9.84. The van der Waals surface area contributed by atoms with Gasteiger partial charge in [0.05, 0.1) is 10.6 Å². The van der Waals surface area contributed by atoms with Crippen molar-refractivity contribution >= 4 is 33.2 Å². The Morgan fingerprint density at radius 1 is 0.962 bits per heavy atom. The number of rotatable bonds is 3. The fourth-order valence-electron chi connectivity index (χ4n) is 1.80. The van der Waals surface area contributed by atoms with Gasteiger partial charge >= 0.3 is 23.9 Å². The molecule has 5 nitrogen and oxygen atoms in total. The Kier molecular flexibility index (Phi) is 5.57. The van der Waals surface area contributed by atoms with E-state index in [1.54, 1.807) is 0 Å². The number of non-ortho nitro benzene ring substituents is 1. The monoisotopic (exact) mass is 462 g/mol. The van der Waals surface area contributed by atoms with Crippen molar-refractivity contribution < 1.29 is 49.2 Å². The molecule has 0 aromatic heterocycles. The predicted octanol–water partition coefficient (Wildman–Crippen LogP) is 4.97. The summed E-state index contributed by atoms with van der Waals surface area (Å²) < 4.78 is 114. The van der Waals surface area contributed by atoms with E-state index in [0.717, 1.165) is 5.32 Å². The number of halogens is 10. The number of carbonyl (C=O) groups excluding carboxylic acids is 1. The summed E-state index contributed by atoms with van der Waals surface area (Å²) in [5.41, 5.74) is -8.36. The molecular weight excluding hydrogens is 459 g/mol. The van der Waals surface area contributed by atoms with E-state index in [-0.39, 0.29) is 0 Å². The van der Waals surface area contributed by atoms with Crippen molar-refractivity contribution in [3.05, 3.63) is 32.8 Å². The first-order valence-corrected chi connectivity index (χ1v) is 6.71. The lowest BCUT2D eigenvalue weighted by molar-refractivity contribution is -0.405. The summed E-state index contributed by atoms with van der Waals surface area (Å²) in [7, 11) is 0. The number of nitrogens with zero attached hydrogens (tertiary/aromatic N) is 1. The summed E-state index contributed by atoms with van der Waals surface area (Å²) in [4.78, 5) is 21.0. The number of amides is 1. The zero-order chi connectivity index (χ0) is 20.7. The van der Waals surface area contributed by atoms with Crippen LogP contribution < -0.4 is 5.32 Å². The van der Waals surface area contributed by atoms with Gasteiger partial charge in [-0.25, -0.2) is 0 Å². The maximum Gasteiger partial charge on any atom is 0.421 e. The quantitative estimate of drug-likeness (QED) is 0.391. The van der Waals surface area contributed by atoms with Gasteiger partial charge in [-0.15, -0.1) is 0 Å². The van der Waals surface area contributed by atoms with Gasteiger partial charge in [0.1, 0.15) is 0 Å². The number of benzene rings is 1. The number of carbonyl (C=O) groups is 1. The normalized spacial score (nSPS) is 13.5. The minimum absolute atomic E-state index is 0.466. The van der Waals surface area contributed by atoms with E-state index in [2.05, 4.69) is 15.9 Å². The van der Waals surface area contributed by atoms with Crippen LogP contribution in [-0.2, 0) is 4.79 Å². The van der Waals surface area contributed by atoms with Crippen LogP contribution in [0.2, 0.25) is 0 Å². The minimum Gasteiger partial charge on any atom is -0.324 e. The van der Waals surface area contributed by atoms with Crippen LogP contribution in [0.5, 0.6) is 0 Å². The molecule has 1 aromatic rings. The molecule has 0 fully saturated rings. The predicted molar refractivity (Wildman–Crippen MR) is 70.0 cm³/mol. The number of nitro groups is 1. The Morgan fingerprint density at radius 3 is 1.69 bits per heavy atom. The van der Waals surface area contributed by atoms with Gasteiger partial charge in [0.15, 0.2) is 0 Å². The average molecular weight is 463 g/mol. The standard InChI is InChI=1S/C11H4BrF9N2O3/c12-5-3-4(23(25)26)1-2-6(5)22-7(24)8(9(13,14)15,10(16,17)18)11(19,20)21/h1-3H,(H,22,24). The first kappa shape index (κ1) is 22.0. The maximum absolute atomic E-state index is 12.8. The molecule has 0 unspecified atom stereocenters. The van der Waals surface area contributed by atoms with E-state index in [1.807, 2.05) is 0 Å². The molecule has 0 spiro atoms. The number of nitrogens with one attached hydrogen (secondary N) is 1. The summed E-state index contributed by atoms with van der Waals surface area (Å²) in [5.74, 6) is -3.46. The fraction of sp³-hybridized carbons (Fsp3) is 0.364. The molecule has 0 heterocycles. The second-order valence-electron chi connectivity index (χ2n) is 4.62. The minimum atomic E-state index is -7.07. The van der Waals surface area contributed by atoms with Crippen LogP contribution in [0.4, 0.5) is 50.9 Å². The third-order valence-electron chi connectivity index (χ3n) is 3.03. The van der Waals surface area contributed by atoms with Gasteiger partial charge in [-0.1, -0.05) is 0 Å². The smallest absolute Gasteiger partial charge is 0.324 e. The van der Waals surface area contributed by atoms with E-state index < -0.39 is 50.6 Å². The molecule has 0 saturated heterocycles. The van der Waals surface area contributed by atoms with Gasteiger partial charge in [0.25, 0.3) is 11.6 Å². The van der Waals surface area contributed by atoms with Gasteiger partial charge in [-0.2, -0.15) is 39.5 Å². The van der Waals surface area contributed by atoms with Crippen LogP contribution in [0, 0.1) is 15.5 Å². The first-order valence-electron chi connectivity index (χ1n) is 5.92. The molecule has 0 bridgehead atoms. The van der Waals surface area contributed by atoms with Crippen molar-refractivity contribution in [2.24, 2.45) is 5.41 Å². The van der Waals surface area contributed by atoms with Crippen molar-refractivity contribution in [3.8, 4) is 0 Å². The molecule has 1 rings (SSSR count). The molecule has 1 N–H and O–H groups in total. The summed E-state index contributed by atoms with van der Waals surface area (Å²) in [6, 6.07) is 1.58. The number of hydrogen-bond donors (Lipinski definition) is 1. The SMILES string of the molecule is O=C(Nc1ccc([N+](=O)[O-])cc1Br)C(C(F)(F)F)(C(F)(F)F)C(F)(F)F. The van der Waals surface area contributed by atoms with Crippen LogP contribution in [0.15, 0.2) is 22.7 Å². The van der Waals surface area contributed by atoms with Crippen LogP contribution in [0.1, 0.15) is 0 Å². The van der Waals surface area contributed by atoms with Crippen molar-refractivity contribution in [2.45, 2.75) is 18.5 Å². The van der Waals surface area contributed by atoms with E-state index >= 15 is 0 Å². The third kappa shape index (κ3) is 3.57. The second-order valence-corrected chi connectivity index (χ2v) is 5.47. The van der Waals surface area contributed by atoms with E-state index in [0.29, 0.717) is 18.2 Å². The van der Waals surface area contributed by atoms with E-state index in [4.69, 9.17) is 0 Å². The molecule has 1 amide bonds. The summed E-state index contributed by atoms with van der Waals surface area (Å²) in [5, 5.41) is 11.4.